The number of carboxylic acids is 1. The Labute approximate surface area is 164 Å². The quantitative estimate of drug-likeness (QED) is 0.254. The van der Waals surface area contributed by atoms with Crippen LogP contribution in [0.25, 0.3) is 11.1 Å². The third kappa shape index (κ3) is 4.54. The van der Waals surface area contributed by atoms with E-state index in [9.17, 15) is 4.79 Å². The van der Waals surface area contributed by atoms with E-state index in [0.29, 0.717) is 5.75 Å². The molecular formula is C20H25N5O3. The third-order valence-corrected chi connectivity index (χ3v) is 4.73. The number of nitrogens with one attached hydrogen (secondary N) is 1. The molecule has 0 aliphatic carbocycles. The third-order valence-electron chi connectivity index (χ3n) is 4.73. The number of likely N-dealkylation sites (N-methyl/N-ethyl adjacent to an activating group) is 1. The van der Waals surface area contributed by atoms with Gasteiger partial charge < -0.3 is 30.8 Å². The van der Waals surface area contributed by atoms with Crippen molar-refractivity contribution >= 4 is 11.7 Å². The van der Waals surface area contributed by atoms with E-state index in [1.807, 2.05) is 17.6 Å². The Morgan fingerprint density at radius 3 is 2.36 bits per heavy atom. The molecule has 148 valence electrons. The van der Waals surface area contributed by atoms with Crippen LogP contribution in [0, 0.1) is 0 Å². The van der Waals surface area contributed by atoms with Gasteiger partial charge in [-0.1, -0.05) is 24.3 Å². The molecule has 0 bridgehead atoms. The Morgan fingerprint density at radius 2 is 1.75 bits per heavy atom. The van der Waals surface area contributed by atoms with Gasteiger partial charge in [-0.05, 0) is 42.4 Å². The normalized spacial score (nSPS) is 15.7. The summed E-state index contributed by atoms with van der Waals surface area (Å²) in [5.41, 5.74) is 10.6. The fourth-order valence-electron chi connectivity index (χ4n) is 3.08. The van der Waals surface area contributed by atoms with Crippen LogP contribution in [0.15, 0.2) is 60.1 Å². The van der Waals surface area contributed by atoms with Gasteiger partial charge in [-0.25, -0.2) is 4.79 Å². The molecular weight excluding hydrogens is 358 g/mol. The second-order valence-electron chi connectivity index (χ2n) is 6.66. The van der Waals surface area contributed by atoms with E-state index in [1.54, 1.807) is 12.1 Å². The second kappa shape index (κ2) is 8.64. The van der Waals surface area contributed by atoms with E-state index in [-0.39, 0.29) is 5.88 Å². The number of ether oxygens (including phenoxy) is 1. The van der Waals surface area contributed by atoms with E-state index < -0.39 is 11.7 Å². The summed E-state index contributed by atoms with van der Waals surface area (Å²) < 4.78 is 5.37. The first-order valence-corrected chi connectivity index (χ1v) is 8.99. The number of hydrogen-bond acceptors (Lipinski definition) is 7. The molecule has 3 rings (SSSR count). The number of nitrogens with two attached hydrogens (primary N) is 2. The molecule has 0 atom stereocenters. The lowest BCUT2D eigenvalue weighted by Crippen LogP contribution is -2.44. The van der Waals surface area contributed by atoms with Crippen molar-refractivity contribution in [1.29, 1.82) is 0 Å². The van der Waals surface area contributed by atoms with Crippen molar-refractivity contribution in [3.8, 4) is 16.9 Å². The molecule has 0 spiro atoms. The van der Waals surface area contributed by atoms with Crippen LogP contribution in [-0.2, 0) is 4.79 Å². The van der Waals surface area contributed by atoms with Crippen LogP contribution in [0.1, 0.15) is 0 Å². The monoisotopic (exact) mass is 383 g/mol. The van der Waals surface area contributed by atoms with Gasteiger partial charge in [0, 0.05) is 31.9 Å². The minimum Gasteiger partial charge on any atom is -0.476 e. The predicted octanol–water partition coefficient (Wildman–Crippen LogP) is 1.16. The van der Waals surface area contributed by atoms with Crippen molar-refractivity contribution in [3.05, 3.63) is 60.1 Å². The molecule has 28 heavy (non-hydrogen) atoms. The maximum atomic E-state index is 11.0. The van der Waals surface area contributed by atoms with Crippen molar-refractivity contribution in [1.82, 2.24) is 10.3 Å². The topological polar surface area (TPSA) is 117 Å². The predicted molar refractivity (Wildman–Crippen MR) is 108 cm³/mol. The number of benzene rings is 2. The van der Waals surface area contributed by atoms with Crippen LogP contribution in [0.4, 0.5) is 5.69 Å². The lowest BCUT2D eigenvalue weighted by molar-refractivity contribution is -0.133. The van der Waals surface area contributed by atoms with E-state index in [4.69, 9.17) is 21.4 Å². The van der Waals surface area contributed by atoms with Crippen molar-refractivity contribution in [2.75, 3.05) is 38.1 Å². The number of nitrogens with zero attached hydrogens (tertiary/aromatic N) is 2. The number of aliphatic carboxylic acids is 1. The summed E-state index contributed by atoms with van der Waals surface area (Å²) in [6.07, 6.45) is 0. The molecule has 1 fully saturated rings. The average Bonchev–Trinajstić information content (AvgIpc) is 2.69. The molecule has 1 aliphatic heterocycles. The van der Waals surface area contributed by atoms with Crippen LogP contribution < -0.4 is 26.6 Å². The van der Waals surface area contributed by atoms with E-state index in [0.717, 1.165) is 37.3 Å². The Hall–Kier alpha value is -3.23. The lowest BCUT2D eigenvalue weighted by atomic mass is 10.0. The SMILES string of the molecule is CN1CCN(c2cccc(-c3ccc(O/C(N)=C(/NN)C(=O)O)cc3)c2)CC1. The number of carbonyl (C=O) groups is 1. The molecule has 2 aromatic rings. The highest BCUT2D eigenvalue weighted by molar-refractivity contribution is 5.86. The highest BCUT2D eigenvalue weighted by Gasteiger charge is 2.15. The first-order valence-electron chi connectivity index (χ1n) is 8.99. The largest absolute Gasteiger partial charge is 0.476 e. The maximum absolute atomic E-state index is 11.0. The number of hydrogen-bond donors (Lipinski definition) is 4. The van der Waals surface area contributed by atoms with Crippen molar-refractivity contribution in [2.45, 2.75) is 0 Å². The summed E-state index contributed by atoms with van der Waals surface area (Å²) in [7, 11) is 2.14. The lowest BCUT2D eigenvalue weighted by Gasteiger charge is -2.34. The summed E-state index contributed by atoms with van der Waals surface area (Å²) in [5.74, 6) is 3.98. The molecule has 0 unspecified atom stereocenters. The van der Waals surface area contributed by atoms with Crippen LogP contribution >= 0.6 is 0 Å². The average molecular weight is 383 g/mol. The van der Waals surface area contributed by atoms with Gasteiger partial charge in [-0.2, -0.15) is 0 Å². The summed E-state index contributed by atoms with van der Waals surface area (Å²) >= 11 is 0. The number of anilines is 1. The zero-order chi connectivity index (χ0) is 20.1. The number of hydrazine groups is 1. The molecule has 8 heteroatoms. The van der Waals surface area contributed by atoms with Crippen LogP contribution in [0.5, 0.6) is 5.75 Å². The summed E-state index contributed by atoms with van der Waals surface area (Å²) in [4.78, 5) is 15.7. The van der Waals surface area contributed by atoms with Crippen molar-refractivity contribution in [3.63, 3.8) is 0 Å². The van der Waals surface area contributed by atoms with Gasteiger partial charge in [0.15, 0.2) is 5.70 Å². The fraction of sp³-hybridized carbons (Fsp3) is 0.250. The highest BCUT2D eigenvalue weighted by atomic mass is 16.5. The van der Waals surface area contributed by atoms with Gasteiger partial charge in [0.05, 0.1) is 0 Å². The second-order valence-corrected chi connectivity index (χ2v) is 6.66. The van der Waals surface area contributed by atoms with Gasteiger partial charge in [0.25, 0.3) is 0 Å². The van der Waals surface area contributed by atoms with Gasteiger partial charge in [-0.15, -0.1) is 0 Å². The Kier molecular flexibility index (Phi) is 6.03. The Bertz CT molecular complexity index is 858. The summed E-state index contributed by atoms with van der Waals surface area (Å²) in [6, 6.07) is 15.7. The molecule has 0 aromatic heterocycles. The zero-order valence-electron chi connectivity index (χ0n) is 15.8. The molecule has 0 amide bonds. The molecule has 1 aliphatic rings. The van der Waals surface area contributed by atoms with Gasteiger partial charge >= 0.3 is 5.97 Å². The van der Waals surface area contributed by atoms with Gasteiger partial charge in [0.2, 0.25) is 5.88 Å². The van der Waals surface area contributed by atoms with Gasteiger partial charge in [-0.3, -0.25) is 5.84 Å². The molecule has 0 saturated carbocycles. The molecule has 1 saturated heterocycles. The first kappa shape index (κ1) is 19.5. The minimum absolute atomic E-state index is 0.306. The number of rotatable bonds is 6. The molecule has 1 heterocycles. The minimum atomic E-state index is -1.29. The molecule has 2 aromatic carbocycles. The van der Waals surface area contributed by atoms with Crippen LogP contribution in [0.3, 0.4) is 0 Å². The maximum Gasteiger partial charge on any atom is 0.358 e. The number of carboxylic acid groups (broad SMARTS) is 1. The first-order chi connectivity index (χ1) is 13.5. The van der Waals surface area contributed by atoms with Crippen LogP contribution in [-0.4, -0.2) is 49.2 Å². The Balaban J connectivity index is 1.75. The fourth-order valence-corrected chi connectivity index (χ4v) is 3.08. The van der Waals surface area contributed by atoms with Crippen molar-refractivity contribution in [2.24, 2.45) is 11.6 Å². The van der Waals surface area contributed by atoms with E-state index >= 15 is 0 Å². The Morgan fingerprint density at radius 1 is 1.07 bits per heavy atom. The molecule has 0 radical (unpaired) electrons. The van der Waals surface area contributed by atoms with Crippen molar-refractivity contribution < 1.29 is 14.6 Å². The van der Waals surface area contributed by atoms with Crippen LogP contribution in [0.2, 0.25) is 0 Å². The molecule has 6 N–H and O–H groups in total. The zero-order valence-corrected chi connectivity index (χ0v) is 15.8. The molecule has 8 nitrogen and oxygen atoms in total. The highest BCUT2D eigenvalue weighted by Crippen LogP contribution is 2.27. The van der Waals surface area contributed by atoms with E-state index in [2.05, 4.69) is 41.1 Å². The summed E-state index contributed by atoms with van der Waals surface area (Å²) in [5, 5.41) is 9.00. The number of piperazine rings is 1. The van der Waals surface area contributed by atoms with Gasteiger partial charge in [0.1, 0.15) is 5.75 Å². The summed E-state index contributed by atoms with van der Waals surface area (Å²) in [6.45, 7) is 4.14. The van der Waals surface area contributed by atoms with E-state index in [1.165, 1.54) is 5.69 Å². The standard InChI is InChI=1S/C20H25N5O3/c1-24-9-11-25(12-10-24)16-4-2-3-15(13-16)14-5-7-17(8-6-14)28-19(21)18(23-22)20(26)27/h2-8,13,23H,9-12,21-22H2,1H3,(H,26,27)/b19-18+. The smallest absolute Gasteiger partial charge is 0.358 e.